The zero-order chi connectivity index (χ0) is 15.9. The van der Waals surface area contributed by atoms with E-state index in [2.05, 4.69) is 9.89 Å². The van der Waals surface area contributed by atoms with Crippen LogP contribution in [0.3, 0.4) is 0 Å². The average molecular weight is 325 g/mol. The SMILES string of the molecule is CC1(C)S[C@@H]2[C@H](N=CN3CCCCCC3)C(=O)N2C1C(=O)O. The van der Waals surface area contributed by atoms with Gasteiger partial charge in [0.1, 0.15) is 11.4 Å². The molecule has 0 spiro atoms. The summed E-state index contributed by atoms with van der Waals surface area (Å²) in [6.45, 7) is 5.76. The molecule has 1 N–H and O–H groups in total. The number of carbonyl (C=O) groups is 2. The highest BCUT2D eigenvalue weighted by molar-refractivity contribution is 8.01. The number of aliphatic imine (C=N–C) groups is 1. The van der Waals surface area contributed by atoms with Gasteiger partial charge in [-0.15, -0.1) is 11.8 Å². The average Bonchev–Trinajstić information content (AvgIpc) is 2.60. The van der Waals surface area contributed by atoms with E-state index in [-0.39, 0.29) is 11.3 Å². The summed E-state index contributed by atoms with van der Waals surface area (Å²) in [7, 11) is 0. The molecule has 6 nitrogen and oxygen atoms in total. The summed E-state index contributed by atoms with van der Waals surface area (Å²) >= 11 is 1.55. The van der Waals surface area contributed by atoms with E-state index in [1.54, 1.807) is 11.8 Å². The number of nitrogens with zero attached hydrogens (tertiary/aromatic N) is 3. The summed E-state index contributed by atoms with van der Waals surface area (Å²) in [6.07, 6.45) is 6.67. The van der Waals surface area contributed by atoms with Crippen LogP contribution in [-0.4, -0.2) is 68.4 Å². The van der Waals surface area contributed by atoms with Gasteiger partial charge in [-0.2, -0.15) is 0 Å². The number of rotatable bonds is 3. The van der Waals surface area contributed by atoms with Crippen molar-refractivity contribution in [3.05, 3.63) is 0 Å². The summed E-state index contributed by atoms with van der Waals surface area (Å²) in [6, 6.07) is -1.17. The van der Waals surface area contributed by atoms with Gasteiger partial charge in [0, 0.05) is 17.8 Å². The lowest BCUT2D eigenvalue weighted by atomic mass is 9.96. The Bertz CT molecular complexity index is 500. The van der Waals surface area contributed by atoms with Crippen molar-refractivity contribution >= 4 is 30.0 Å². The van der Waals surface area contributed by atoms with E-state index >= 15 is 0 Å². The zero-order valence-electron chi connectivity index (χ0n) is 13.1. The number of carbonyl (C=O) groups excluding carboxylic acids is 1. The normalized spacial score (nSPS) is 34.5. The number of carboxylic acid groups (broad SMARTS) is 1. The third kappa shape index (κ3) is 2.59. The highest BCUT2D eigenvalue weighted by atomic mass is 32.2. The molecule has 3 aliphatic heterocycles. The highest BCUT2D eigenvalue weighted by Gasteiger charge is 2.63. The number of β-lactam (4-membered cyclic amide) rings is 1. The number of likely N-dealkylation sites (tertiary alicyclic amines) is 1. The van der Waals surface area contributed by atoms with E-state index in [4.69, 9.17) is 0 Å². The summed E-state index contributed by atoms with van der Waals surface area (Å²) in [4.78, 5) is 31.9. The Morgan fingerprint density at radius 2 is 1.95 bits per heavy atom. The Hall–Kier alpha value is -1.24. The lowest BCUT2D eigenvalue weighted by Crippen LogP contribution is -2.65. The van der Waals surface area contributed by atoms with Crippen LogP contribution in [0.5, 0.6) is 0 Å². The molecule has 3 atom stereocenters. The van der Waals surface area contributed by atoms with Gasteiger partial charge in [0.2, 0.25) is 0 Å². The largest absolute Gasteiger partial charge is 0.480 e. The molecule has 0 aromatic carbocycles. The van der Waals surface area contributed by atoms with Crippen molar-refractivity contribution in [3.63, 3.8) is 0 Å². The van der Waals surface area contributed by atoms with Crippen molar-refractivity contribution in [2.45, 2.75) is 61.7 Å². The summed E-state index contributed by atoms with van der Waals surface area (Å²) in [5, 5.41) is 9.25. The first-order valence-electron chi connectivity index (χ1n) is 7.92. The molecule has 3 heterocycles. The van der Waals surface area contributed by atoms with Crippen LogP contribution < -0.4 is 0 Å². The molecule has 0 radical (unpaired) electrons. The second-order valence-electron chi connectivity index (χ2n) is 6.76. The first-order chi connectivity index (χ1) is 10.4. The molecule has 0 aromatic rings. The van der Waals surface area contributed by atoms with Crippen molar-refractivity contribution in [1.29, 1.82) is 0 Å². The molecule has 0 saturated carbocycles. The van der Waals surface area contributed by atoms with E-state index < -0.39 is 22.8 Å². The first kappa shape index (κ1) is 15.6. The summed E-state index contributed by atoms with van der Waals surface area (Å²) in [5.74, 6) is -1.08. The molecule has 0 bridgehead atoms. The fourth-order valence-corrected chi connectivity index (χ4v) is 5.13. The fourth-order valence-electron chi connectivity index (χ4n) is 3.51. The predicted octanol–water partition coefficient (Wildman–Crippen LogP) is 1.41. The molecule has 0 aliphatic carbocycles. The number of hydrogen-bond acceptors (Lipinski definition) is 4. The Morgan fingerprint density at radius 1 is 1.32 bits per heavy atom. The summed E-state index contributed by atoms with van der Waals surface area (Å²) < 4.78 is -0.473. The maximum Gasteiger partial charge on any atom is 0.327 e. The van der Waals surface area contributed by atoms with Crippen LogP contribution in [0.2, 0.25) is 0 Å². The van der Waals surface area contributed by atoms with Crippen molar-refractivity contribution in [3.8, 4) is 0 Å². The molecule has 7 heteroatoms. The van der Waals surface area contributed by atoms with Gasteiger partial charge in [-0.3, -0.25) is 9.79 Å². The number of hydrogen-bond donors (Lipinski definition) is 1. The van der Waals surface area contributed by atoms with Gasteiger partial charge in [-0.1, -0.05) is 12.8 Å². The number of thioether (sulfide) groups is 1. The minimum Gasteiger partial charge on any atom is -0.480 e. The molecule has 3 fully saturated rings. The van der Waals surface area contributed by atoms with Crippen LogP contribution in [0, 0.1) is 0 Å². The van der Waals surface area contributed by atoms with Gasteiger partial charge in [-0.25, -0.2) is 4.79 Å². The molecular formula is C15H23N3O3S. The van der Waals surface area contributed by atoms with Crippen LogP contribution in [0.1, 0.15) is 39.5 Å². The molecule has 3 rings (SSSR count). The molecule has 1 unspecified atom stereocenters. The number of amides is 1. The van der Waals surface area contributed by atoms with Crippen molar-refractivity contribution < 1.29 is 14.7 Å². The van der Waals surface area contributed by atoms with Gasteiger partial charge in [-0.05, 0) is 26.7 Å². The van der Waals surface area contributed by atoms with Crippen molar-refractivity contribution in [2.75, 3.05) is 13.1 Å². The standard InChI is InChI=1S/C15H23N3O3S/c1-15(2)11(14(20)21)18-12(19)10(13(18)22-15)16-9-17-7-5-3-4-6-8-17/h9-11,13H,3-8H2,1-2H3,(H,20,21)/t10-,11?,13-/m1/s1. The van der Waals surface area contributed by atoms with E-state index in [0.717, 1.165) is 13.1 Å². The van der Waals surface area contributed by atoms with E-state index in [1.165, 1.54) is 30.6 Å². The van der Waals surface area contributed by atoms with Crippen molar-refractivity contribution in [2.24, 2.45) is 4.99 Å². The van der Waals surface area contributed by atoms with Crippen LogP contribution in [-0.2, 0) is 9.59 Å². The zero-order valence-corrected chi connectivity index (χ0v) is 13.9. The highest BCUT2D eigenvalue weighted by Crippen LogP contribution is 2.51. The monoisotopic (exact) mass is 325 g/mol. The predicted molar refractivity (Wildman–Crippen MR) is 86.0 cm³/mol. The summed E-state index contributed by atoms with van der Waals surface area (Å²) in [5.41, 5.74) is 0. The molecule has 0 aromatic heterocycles. The Morgan fingerprint density at radius 3 is 2.55 bits per heavy atom. The topological polar surface area (TPSA) is 73.2 Å². The molecule has 3 aliphatic rings. The molecular weight excluding hydrogens is 302 g/mol. The van der Waals surface area contributed by atoms with Gasteiger partial charge in [0.05, 0.1) is 6.34 Å². The van der Waals surface area contributed by atoms with E-state index in [1.807, 2.05) is 20.2 Å². The number of fused-ring (bicyclic) bond motifs is 1. The van der Waals surface area contributed by atoms with Crippen LogP contribution in [0.15, 0.2) is 4.99 Å². The number of carboxylic acids is 1. The van der Waals surface area contributed by atoms with Gasteiger partial charge >= 0.3 is 5.97 Å². The molecule has 1 amide bonds. The second-order valence-corrected chi connectivity index (χ2v) is 8.53. The van der Waals surface area contributed by atoms with E-state index in [0.29, 0.717) is 0 Å². The van der Waals surface area contributed by atoms with Crippen LogP contribution in [0.4, 0.5) is 0 Å². The van der Waals surface area contributed by atoms with Crippen LogP contribution in [0.25, 0.3) is 0 Å². The maximum atomic E-state index is 12.3. The van der Waals surface area contributed by atoms with Gasteiger partial charge < -0.3 is 14.9 Å². The lowest BCUT2D eigenvalue weighted by Gasteiger charge is -2.41. The molecule has 122 valence electrons. The lowest BCUT2D eigenvalue weighted by molar-refractivity contribution is -0.158. The third-order valence-electron chi connectivity index (χ3n) is 4.68. The Kier molecular flexibility index (Phi) is 4.09. The first-order valence-corrected chi connectivity index (χ1v) is 8.80. The maximum absolute atomic E-state index is 12.3. The number of aliphatic carboxylic acids is 1. The minimum absolute atomic E-state index is 0.133. The quantitative estimate of drug-likeness (QED) is 0.482. The smallest absolute Gasteiger partial charge is 0.327 e. The molecule has 3 saturated heterocycles. The second kappa shape index (κ2) is 5.76. The third-order valence-corrected chi connectivity index (χ3v) is 6.24. The fraction of sp³-hybridized carbons (Fsp3) is 0.800. The van der Waals surface area contributed by atoms with Gasteiger partial charge in [0.15, 0.2) is 6.04 Å². The molecule has 22 heavy (non-hydrogen) atoms. The van der Waals surface area contributed by atoms with Gasteiger partial charge in [0.25, 0.3) is 5.91 Å². The Labute approximate surface area is 134 Å². The minimum atomic E-state index is -0.928. The Balaban J connectivity index is 1.68. The van der Waals surface area contributed by atoms with E-state index in [9.17, 15) is 14.7 Å². The van der Waals surface area contributed by atoms with Crippen molar-refractivity contribution in [1.82, 2.24) is 9.80 Å². The van der Waals surface area contributed by atoms with Crippen LogP contribution >= 0.6 is 11.8 Å².